The van der Waals surface area contributed by atoms with E-state index in [0.29, 0.717) is 24.4 Å². The lowest BCUT2D eigenvalue weighted by Gasteiger charge is -2.05. The molecule has 6 heteroatoms. The van der Waals surface area contributed by atoms with Crippen molar-refractivity contribution >= 4 is 17.4 Å². The Bertz CT molecular complexity index is 565. The van der Waals surface area contributed by atoms with Gasteiger partial charge in [-0.2, -0.15) is 0 Å². The molecule has 0 saturated heterocycles. The van der Waals surface area contributed by atoms with E-state index in [-0.39, 0.29) is 5.91 Å². The van der Waals surface area contributed by atoms with Gasteiger partial charge in [0.1, 0.15) is 4.88 Å². The van der Waals surface area contributed by atoms with Gasteiger partial charge in [-0.15, -0.1) is 5.10 Å². The van der Waals surface area contributed by atoms with Crippen molar-refractivity contribution < 1.29 is 4.79 Å². The molecule has 0 unspecified atom stereocenters. The first-order valence-corrected chi connectivity index (χ1v) is 7.39. The molecule has 0 aliphatic heterocycles. The molecule has 106 valence electrons. The Morgan fingerprint density at radius 1 is 1.30 bits per heavy atom. The number of aryl methyl sites for hydroxylation is 1. The van der Waals surface area contributed by atoms with Crippen molar-refractivity contribution in [3.8, 4) is 0 Å². The van der Waals surface area contributed by atoms with E-state index in [0.717, 1.165) is 29.2 Å². The van der Waals surface area contributed by atoms with Crippen molar-refractivity contribution in [1.82, 2.24) is 14.9 Å². The smallest absolute Gasteiger partial charge is 0.265 e. The van der Waals surface area contributed by atoms with E-state index in [1.54, 1.807) is 0 Å². The molecule has 1 heterocycles. The minimum Gasteiger partial charge on any atom is -0.347 e. The van der Waals surface area contributed by atoms with Crippen molar-refractivity contribution in [2.45, 2.75) is 26.3 Å². The highest BCUT2D eigenvalue weighted by molar-refractivity contribution is 7.08. The lowest BCUT2D eigenvalue weighted by atomic mass is 10.1. The monoisotopic (exact) mass is 290 g/mol. The van der Waals surface area contributed by atoms with E-state index in [4.69, 9.17) is 5.73 Å². The summed E-state index contributed by atoms with van der Waals surface area (Å²) in [6.07, 6.45) is 1.59. The largest absolute Gasteiger partial charge is 0.347 e. The topological polar surface area (TPSA) is 80.9 Å². The number of amides is 1. The lowest BCUT2D eigenvalue weighted by molar-refractivity contribution is 0.0954. The van der Waals surface area contributed by atoms with Crippen molar-refractivity contribution in [2.24, 2.45) is 5.73 Å². The summed E-state index contributed by atoms with van der Waals surface area (Å²) >= 11 is 1.14. The zero-order chi connectivity index (χ0) is 14.4. The molecule has 0 aliphatic carbocycles. The Kier molecular flexibility index (Phi) is 5.20. The molecular formula is C14H18N4OS. The zero-order valence-corrected chi connectivity index (χ0v) is 12.2. The third kappa shape index (κ3) is 3.61. The molecule has 1 amide bonds. The number of carbonyl (C=O) groups excluding carboxylic acids is 1. The van der Waals surface area contributed by atoms with Crippen LogP contribution in [0, 0.1) is 0 Å². The van der Waals surface area contributed by atoms with Gasteiger partial charge in [0.2, 0.25) is 0 Å². The van der Waals surface area contributed by atoms with Crippen LogP contribution in [0.4, 0.5) is 0 Å². The molecule has 0 fully saturated rings. The maximum absolute atomic E-state index is 12.0. The molecule has 0 bridgehead atoms. The van der Waals surface area contributed by atoms with Crippen LogP contribution in [-0.2, 0) is 19.4 Å². The van der Waals surface area contributed by atoms with E-state index >= 15 is 0 Å². The van der Waals surface area contributed by atoms with Gasteiger partial charge in [-0.25, -0.2) is 0 Å². The van der Waals surface area contributed by atoms with Gasteiger partial charge >= 0.3 is 0 Å². The highest BCUT2D eigenvalue weighted by atomic mass is 32.1. The van der Waals surface area contributed by atoms with E-state index in [9.17, 15) is 4.79 Å². The molecule has 0 atom stereocenters. The van der Waals surface area contributed by atoms with Crippen LogP contribution in [0.25, 0.3) is 0 Å². The number of rotatable bonds is 6. The Morgan fingerprint density at radius 2 is 2.00 bits per heavy atom. The highest BCUT2D eigenvalue weighted by Crippen LogP contribution is 2.11. The van der Waals surface area contributed by atoms with Gasteiger partial charge in [0.25, 0.3) is 5.91 Å². The summed E-state index contributed by atoms with van der Waals surface area (Å²) < 4.78 is 3.82. The van der Waals surface area contributed by atoms with Crippen molar-refractivity contribution in [1.29, 1.82) is 0 Å². The summed E-state index contributed by atoms with van der Waals surface area (Å²) in [6, 6.07) is 8.11. The molecule has 1 aromatic heterocycles. The summed E-state index contributed by atoms with van der Waals surface area (Å²) in [7, 11) is 0. The maximum Gasteiger partial charge on any atom is 0.265 e. The molecule has 2 aromatic rings. The van der Waals surface area contributed by atoms with Gasteiger partial charge in [0, 0.05) is 6.54 Å². The fraction of sp³-hybridized carbons (Fsp3) is 0.357. The van der Waals surface area contributed by atoms with Crippen molar-refractivity contribution in [2.75, 3.05) is 6.54 Å². The molecule has 0 spiro atoms. The first-order valence-electron chi connectivity index (χ1n) is 6.62. The molecule has 0 radical (unpaired) electrons. The zero-order valence-electron chi connectivity index (χ0n) is 11.4. The fourth-order valence-electron chi connectivity index (χ4n) is 1.87. The Hall–Kier alpha value is -1.79. The number of nitrogens with zero attached hydrogens (tertiary/aromatic N) is 2. The number of benzene rings is 1. The average Bonchev–Trinajstić information content (AvgIpc) is 2.95. The Morgan fingerprint density at radius 3 is 2.65 bits per heavy atom. The normalized spacial score (nSPS) is 10.5. The van der Waals surface area contributed by atoms with E-state index in [2.05, 4.69) is 14.9 Å². The van der Waals surface area contributed by atoms with Crippen LogP contribution in [0.1, 0.15) is 33.4 Å². The second-order valence-electron chi connectivity index (χ2n) is 4.44. The summed E-state index contributed by atoms with van der Waals surface area (Å²) in [6.45, 7) is 3.11. The highest BCUT2D eigenvalue weighted by Gasteiger charge is 2.14. The van der Waals surface area contributed by atoms with Gasteiger partial charge in [0.05, 0.1) is 5.69 Å². The maximum atomic E-state index is 12.0. The Labute approximate surface area is 122 Å². The predicted octanol–water partition coefficient (Wildman–Crippen LogP) is 1.53. The number of carbonyl (C=O) groups is 1. The van der Waals surface area contributed by atoms with Crippen LogP contribution in [0.5, 0.6) is 0 Å². The molecule has 5 nitrogen and oxygen atoms in total. The van der Waals surface area contributed by atoms with E-state index in [1.807, 2.05) is 31.2 Å². The van der Waals surface area contributed by atoms with Gasteiger partial charge in [0.15, 0.2) is 0 Å². The van der Waals surface area contributed by atoms with Crippen LogP contribution >= 0.6 is 11.5 Å². The summed E-state index contributed by atoms with van der Waals surface area (Å²) in [5.41, 5.74) is 8.54. The minimum atomic E-state index is -0.108. The minimum absolute atomic E-state index is 0.108. The number of hydrogen-bond acceptors (Lipinski definition) is 5. The number of aromatic nitrogens is 2. The predicted molar refractivity (Wildman–Crippen MR) is 79.7 cm³/mol. The molecule has 1 aromatic carbocycles. The molecular weight excluding hydrogens is 272 g/mol. The van der Waals surface area contributed by atoms with Crippen LogP contribution in [0.2, 0.25) is 0 Å². The van der Waals surface area contributed by atoms with Crippen LogP contribution in [0.3, 0.4) is 0 Å². The van der Waals surface area contributed by atoms with E-state index in [1.165, 1.54) is 5.56 Å². The third-order valence-corrected chi connectivity index (χ3v) is 3.77. The second-order valence-corrected chi connectivity index (χ2v) is 5.19. The van der Waals surface area contributed by atoms with Crippen LogP contribution in [0.15, 0.2) is 24.3 Å². The molecule has 0 aliphatic rings. The fourth-order valence-corrected chi connectivity index (χ4v) is 2.53. The number of nitrogens with two attached hydrogens (primary N) is 1. The Balaban J connectivity index is 1.93. The third-order valence-electron chi connectivity index (χ3n) is 3.01. The molecule has 2 rings (SSSR count). The van der Waals surface area contributed by atoms with Gasteiger partial charge in [-0.1, -0.05) is 35.7 Å². The average molecular weight is 290 g/mol. The molecule has 0 saturated carbocycles. The van der Waals surface area contributed by atoms with Gasteiger partial charge < -0.3 is 11.1 Å². The standard InChI is InChI=1S/C14H18N4OS/c1-2-12-13(20-18-17-12)14(19)16-9-11-5-3-10(4-6-11)7-8-15/h3-6H,2,7-9,15H2,1H3,(H,16,19). The quantitative estimate of drug-likeness (QED) is 0.845. The van der Waals surface area contributed by atoms with E-state index < -0.39 is 0 Å². The lowest BCUT2D eigenvalue weighted by Crippen LogP contribution is -2.22. The second kappa shape index (κ2) is 7.12. The van der Waals surface area contributed by atoms with Crippen molar-refractivity contribution in [3.63, 3.8) is 0 Å². The number of hydrogen-bond donors (Lipinski definition) is 2. The first kappa shape index (κ1) is 14.6. The summed E-state index contributed by atoms with van der Waals surface area (Å²) in [4.78, 5) is 12.6. The van der Waals surface area contributed by atoms with Gasteiger partial charge in [-0.05, 0) is 42.0 Å². The van der Waals surface area contributed by atoms with Crippen LogP contribution in [-0.4, -0.2) is 22.0 Å². The van der Waals surface area contributed by atoms with Crippen LogP contribution < -0.4 is 11.1 Å². The number of nitrogens with one attached hydrogen (secondary N) is 1. The van der Waals surface area contributed by atoms with Crippen molar-refractivity contribution in [3.05, 3.63) is 46.0 Å². The summed E-state index contributed by atoms with van der Waals surface area (Å²) in [5, 5.41) is 6.83. The first-order chi connectivity index (χ1) is 9.74. The molecule has 20 heavy (non-hydrogen) atoms. The molecule has 3 N–H and O–H groups in total. The van der Waals surface area contributed by atoms with Gasteiger partial charge in [-0.3, -0.25) is 4.79 Å². The SMILES string of the molecule is CCc1nnsc1C(=O)NCc1ccc(CCN)cc1. The summed E-state index contributed by atoms with van der Waals surface area (Å²) in [5.74, 6) is -0.108.